The molecule has 0 amide bonds. The first-order valence-corrected chi connectivity index (χ1v) is 7.90. The highest BCUT2D eigenvalue weighted by atomic mass is 16.5. The van der Waals surface area contributed by atoms with E-state index in [4.69, 9.17) is 9.47 Å². The summed E-state index contributed by atoms with van der Waals surface area (Å²) >= 11 is 0. The highest BCUT2D eigenvalue weighted by Gasteiger charge is 2.47. The highest BCUT2D eigenvalue weighted by Crippen LogP contribution is 2.51. The largest absolute Gasteiger partial charge is 0.480 e. The Bertz CT molecular complexity index is 1060. The smallest absolute Gasteiger partial charge is 0.291 e. The molecule has 6 heteroatoms. The lowest BCUT2D eigenvalue weighted by Crippen LogP contribution is -2.34. The highest BCUT2D eigenvalue weighted by molar-refractivity contribution is 5.74. The molecule has 25 heavy (non-hydrogen) atoms. The average Bonchev–Trinajstić information content (AvgIpc) is 3.14. The van der Waals surface area contributed by atoms with Crippen LogP contribution >= 0.6 is 0 Å². The zero-order valence-electron chi connectivity index (χ0n) is 13.1. The number of fused-ring (bicyclic) bond motifs is 4. The number of aromatic amines is 1. The molecule has 2 aromatic heterocycles. The summed E-state index contributed by atoms with van der Waals surface area (Å²) in [5, 5.41) is 0. The Balaban J connectivity index is 1.89. The van der Waals surface area contributed by atoms with Crippen molar-refractivity contribution in [1.29, 1.82) is 0 Å². The van der Waals surface area contributed by atoms with E-state index < -0.39 is 5.54 Å². The molecule has 0 aliphatic carbocycles. The van der Waals surface area contributed by atoms with Gasteiger partial charge in [-0.1, -0.05) is 24.3 Å². The Morgan fingerprint density at radius 1 is 1.12 bits per heavy atom. The minimum atomic E-state index is -0.814. The number of hydrogen-bond acceptors (Lipinski definition) is 5. The van der Waals surface area contributed by atoms with Crippen LogP contribution in [-0.4, -0.2) is 23.0 Å². The fourth-order valence-electron chi connectivity index (χ4n) is 3.49. The number of pyridine rings is 2. The van der Waals surface area contributed by atoms with Crippen molar-refractivity contribution in [3.8, 4) is 22.8 Å². The van der Waals surface area contributed by atoms with Crippen molar-refractivity contribution in [3.63, 3.8) is 0 Å². The molecule has 0 saturated heterocycles. The minimum Gasteiger partial charge on any atom is -0.480 e. The number of benzene rings is 1. The second-order valence-corrected chi connectivity index (χ2v) is 5.95. The number of aliphatic imine (C=N–C) groups is 1. The third kappa shape index (κ3) is 1.88. The predicted molar refractivity (Wildman–Crippen MR) is 92.0 cm³/mol. The van der Waals surface area contributed by atoms with Gasteiger partial charge in [0.15, 0.2) is 17.7 Å². The van der Waals surface area contributed by atoms with E-state index in [1.165, 1.54) is 6.40 Å². The monoisotopic (exact) mass is 331 g/mol. The van der Waals surface area contributed by atoms with Gasteiger partial charge >= 0.3 is 0 Å². The zero-order chi connectivity index (χ0) is 16.9. The Morgan fingerprint density at radius 2 is 2.00 bits per heavy atom. The van der Waals surface area contributed by atoms with E-state index >= 15 is 0 Å². The van der Waals surface area contributed by atoms with Crippen LogP contribution < -0.4 is 10.3 Å². The van der Waals surface area contributed by atoms with Crippen LogP contribution in [0.3, 0.4) is 0 Å². The molecule has 2 aliphatic rings. The van der Waals surface area contributed by atoms with E-state index in [1.54, 1.807) is 12.4 Å². The van der Waals surface area contributed by atoms with E-state index in [0.717, 1.165) is 16.8 Å². The van der Waals surface area contributed by atoms with Gasteiger partial charge in [-0.2, -0.15) is 0 Å². The summed E-state index contributed by atoms with van der Waals surface area (Å²) in [6.45, 7) is 0.309. The second kappa shape index (κ2) is 5.04. The van der Waals surface area contributed by atoms with E-state index in [-0.39, 0.29) is 11.3 Å². The van der Waals surface area contributed by atoms with Gasteiger partial charge in [0.25, 0.3) is 5.56 Å². The number of nitrogens with zero attached hydrogens (tertiary/aromatic N) is 2. The SMILES string of the molecule is O=c1[nH]cc(-c2ccccn2)c2c1Oc1ccccc1C21COC=N1. The van der Waals surface area contributed by atoms with Crippen molar-refractivity contribution >= 4 is 6.40 Å². The fraction of sp³-hybridized carbons (Fsp3) is 0.105. The van der Waals surface area contributed by atoms with Crippen molar-refractivity contribution in [2.24, 2.45) is 4.99 Å². The number of ether oxygens (including phenoxy) is 2. The number of para-hydroxylation sites is 1. The molecule has 1 aromatic carbocycles. The molecule has 1 spiro atoms. The number of H-pyrrole nitrogens is 1. The van der Waals surface area contributed by atoms with E-state index in [2.05, 4.69) is 15.0 Å². The van der Waals surface area contributed by atoms with Gasteiger partial charge in [-0.05, 0) is 18.2 Å². The average molecular weight is 331 g/mol. The van der Waals surface area contributed by atoms with Crippen LogP contribution in [0.25, 0.3) is 11.3 Å². The van der Waals surface area contributed by atoms with Gasteiger partial charge in [-0.25, -0.2) is 4.99 Å². The van der Waals surface area contributed by atoms with Crippen molar-refractivity contribution < 1.29 is 9.47 Å². The van der Waals surface area contributed by atoms with Crippen molar-refractivity contribution in [2.75, 3.05) is 6.61 Å². The maximum atomic E-state index is 12.5. The van der Waals surface area contributed by atoms with Crippen LogP contribution in [0.1, 0.15) is 11.1 Å². The summed E-state index contributed by atoms with van der Waals surface area (Å²) in [4.78, 5) is 24.3. The topological polar surface area (TPSA) is 76.6 Å². The molecule has 0 radical (unpaired) electrons. The standard InChI is InChI=1S/C19H13N3O3/c23-18-17-16(12(9-21-18)14-6-3-4-8-20-14)19(10-24-11-22-19)13-5-1-2-7-15(13)25-17/h1-9,11H,10H2,(H,21,23). The second-order valence-electron chi connectivity index (χ2n) is 5.95. The molecule has 4 heterocycles. The van der Waals surface area contributed by atoms with Crippen molar-refractivity contribution in [1.82, 2.24) is 9.97 Å². The van der Waals surface area contributed by atoms with Gasteiger partial charge in [-0.3, -0.25) is 9.78 Å². The Kier molecular flexibility index (Phi) is 2.82. The summed E-state index contributed by atoms with van der Waals surface area (Å²) in [6.07, 6.45) is 4.82. The normalized spacial score (nSPS) is 19.8. The predicted octanol–water partition coefficient (Wildman–Crippen LogP) is 2.84. The summed E-state index contributed by atoms with van der Waals surface area (Å²) in [7, 11) is 0. The Hall–Kier alpha value is -3.41. The molecule has 0 bridgehead atoms. The maximum Gasteiger partial charge on any atom is 0.291 e. The number of aromatic nitrogens is 2. The molecule has 6 nitrogen and oxygen atoms in total. The molecule has 5 rings (SSSR count). The van der Waals surface area contributed by atoms with E-state index in [0.29, 0.717) is 17.9 Å². The van der Waals surface area contributed by atoms with Gasteiger partial charge in [-0.15, -0.1) is 0 Å². The van der Waals surface area contributed by atoms with Crippen LogP contribution in [0.2, 0.25) is 0 Å². The first-order valence-electron chi connectivity index (χ1n) is 7.90. The fourth-order valence-corrected chi connectivity index (χ4v) is 3.49. The quantitative estimate of drug-likeness (QED) is 0.744. The van der Waals surface area contributed by atoms with Gasteiger partial charge in [0.2, 0.25) is 0 Å². The summed E-state index contributed by atoms with van der Waals surface area (Å²) in [6, 6.07) is 13.2. The molecule has 122 valence electrons. The van der Waals surface area contributed by atoms with Gasteiger partial charge in [0.05, 0.1) is 5.69 Å². The molecule has 0 saturated carbocycles. The van der Waals surface area contributed by atoms with Crippen LogP contribution in [-0.2, 0) is 10.3 Å². The van der Waals surface area contributed by atoms with Crippen molar-refractivity contribution in [3.05, 3.63) is 76.3 Å². The summed E-state index contributed by atoms with van der Waals surface area (Å²) in [5.41, 5.74) is 1.95. The third-order valence-corrected chi connectivity index (χ3v) is 4.59. The maximum absolute atomic E-state index is 12.5. The molecular weight excluding hydrogens is 318 g/mol. The zero-order valence-corrected chi connectivity index (χ0v) is 13.1. The van der Waals surface area contributed by atoms with Gasteiger partial charge in [0.1, 0.15) is 12.4 Å². The molecular formula is C19H13N3O3. The number of nitrogens with one attached hydrogen (secondary N) is 1. The summed E-state index contributed by atoms with van der Waals surface area (Å²) in [5.74, 6) is 0.853. The molecule has 1 unspecified atom stereocenters. The van der Waals surface area contributed by atoms with Crippen LogP contribution in [0.15, 0.2) is 64.6 Å². The van der Waals surface area contributed by atoms with Crippen molar-refractivity contribution in [2.45, 2.75) is 5.54 Å². The first kappa shape index (κ1) is 14.0. The molecule has 1 N–H and O–H groups in total. The van der Waals surface area contributed by atoms with E-state index in [1.807, 2.05) is 42.5 Å². The molecule has 1 atom stereocenters. The van der Waals surface area contributed by atoms with Gasteiger partial charge in [0, 0.05) is 29.1 Å². The number of hydrogen-bond donors (Lipinski definition) is 1. The Morgan fingerprint density at radius 3 is 2.80 bits per heavy atom. The van der Waals surface area contributed by atoms with Crippen LogP contribution in [0, 0.1) is 0 Å². The summed E-state index contributed by atoms with van der Waals surface area (Å²) < 4.78 is 11.5. The van der Waals surface area contributed by atoms with Gasteiger partial charge < -0.3 is 14.5 Å². The lowest BCUT2D eigenvalue weighted by atomic mass is 9.79. The number of rotatable bonds is 1. The molecule has 0 fully saturated rings. The van der Waals surface area contributed by atoms with E-state index in [9.17, 15) is 4.79 Å². The minimum absolute atomic E-state index is 0.240. The molecule has 3 aromatic rings. The van der Waals surface area contributed by atoms with Crippen LogP contribution in [0.4, 0.5) is 0 Å². The Labute approximate surface area is 142 Å². The first-order chi connectivity index (χ1) is 12.3. The third-order valence-electron chi connectivity index (χ3n) is 4.59. The molecule has 2 aliphatic heterocycles. The van der Waals surface area contributed by atoms with Crippen LogP contribution in [0.5, 0.6) is 11.5 Å². The lowest BCUT2D eigenvalue weighted by molar-refractivity contribution is 0.273. The lowest BCUT2D eigenvalue weighted by Gasteiger charge is -2.34.